The molecule has 3 aromatic rings. The number of carbonyl (C=O) groups excluding carboxylic acids is 1. The molecule has 1 amide bonds. The van der Waals surface area contributed by atoms with E-state index in [1.165, 1.54) is 0 Å². The topological polar surface area (TPSA) is 57.8 Å². The van der Waals surface area contributed by atoms with Crippen LogP contribution < -0.4 is 5.32 Å². The minimum absolute atomic E-state index is 0.149. The molecule has 0 bridgehead atoms. The van der Waals surface area contributed by atoms with Gasteiger partial charge in [-0.15, -0.1) is 0 Å². The normalized spacial score (nSPS) is 10.8. The second-order valence-electron chi connectivity index (χ2n) is 4.30. The van der Waals surface area contributed by atoms with Crippen LogP contribution in [0.3, 0.4) is 0 Å². The third-order valence-electron chi connectivity index (χ3n) is 2.88. The van der Waals surface area contributed by atoms with Gasteiger partial charge in [-0.2, -0.15) is 0 Å². The number of H-pyrrole nitrogens is 1. The molecule has 106 valence electrons. The number of fused-ring (bicyclic) bond motifs is 1. The number of aromatic amines is 1. The number of para-hydroxylation sites is 2. The number of aromatic nitrogens is 2. The number of benzene rings is 2. The molecule has 0 spiro atoms. The molecule has 0 aliphatic heterocycles. The lowest BCUT2D eigenvalue weighted by Gasteiger charge is -2.04. The molecular weight excluding hydrogens is 300 g/mol. The van der Waals surface area contributed by atoms with Gasteiger partial charge in [-0.25, -0.2) is 13.8 Å². The highest BCUT2D eigenvalue weighted by molar-refractivity contribution is 6.30. The minimum atomic E-state index is -0.907. The van der Waals surface area contributed by atoms with E-state index in [1.807, 2.05) is 0 Å². The zero-order valence-corrected chi connectivity index (χ0v) is 11.2. The molecule has 1 aromatic heterocycles. The van der Waals surface area contributed by atoms with Crippen molar-refractivity contribution in [2.75, 3.05) is 5.32 Å². The lowest BCUT2D eigenvalue weighted by atomic mass is 10.2. The highest BCUT2D eigenvalue weighted by Gasteiger charge is 2.16. The van der Waals surface area contributed by atoms with E-state index in [9.17, 15) is 13.6 Å². The number of amides is 1. The lowest BCUT2D eigenvalue weighted by molar-refractivity contribution is 0.102. The number of nitrogens with one attached hydrogen (secondary N) is 2. The molecule has 0 saturated heterocycles. The molecule has 2 N–H and O–H groups in total. The van der Waals surface area contributed by atoms with Gasteiger partial charge in [-0.1, -0.05) is 23.7 Å². The Bertz CT molecular complexity index is 814. The Morgan fingerprint density at radius 3 is 2.71 bits per heavy atom. The Morgan fingerprint density at radius 2 is 1.95 bits per heavy atom. The summed E-state index contributed by atoms with van der Waals surface area (Å²) in [5.74, 6) is -2.44. The lowest BCUT2D eigenvalue weighted by Crippen LogP contribution is -2.15. The summed E-state index contributed by atoms with van der Waals surface area (Å²) < 4.78 is 27.0. The molecule has 0 atom stereocenters. The summed E-state index contributed by atoms with van der Waals surface area (Å²) in [7, 11) is 0. The fourth-order valence-electron chi connectivity index (χ4n) is 1.88. The van der Waals surface area contributed by atoms with E-state index in [2.05, 4.69) is 15.3 Å². The van der Waals surface area contributed by atoms with Gasteiger partial charge in [0.1, 0.15) is 11.6 Å². The van der Waals surface area contributed by atoms with Gasteiger partial charge in [0.25, 0.3) is 5.91 Å². The Labute approximate surface area is 122 Å². The number of anilines is 1. The molecular formula is C14H8ClF2N3O. The first-order valence-electron chi connectivity index (χ1n) is 5.95. The highest BCUT2D eigenvalue weighted by Crippen LogP contribution is 2.20. The van der Waals surface area contributed by atoms with Crippen molar-refractivity contribution in [2.24, 2.45) is 0 Å². The maximum absolute atomic E-state index is 13.6. The Balaban J connectivity index is 1.91. The largest absolute Gasteiger partial charge is 0.324 e. The van der Waals surface area contributed by atoms with Crippen molar-refractivity contribution in [1.82, 2.24) is 9.97 Å². The van der Waals surface area contributed by atoms with Gasteiger partial charge in [-0.3, -0.25) is 10.1 Å². The SMILES string of the molecule is O=C(Nc1nc2ccccc2[nH]1)c1cc(F)c(Cl)cc1F. The van der Waals surface area contributed by atoms with Crippen LogP contribution >= 0.6 is 11.6 Å². The number of halogens is 3. The second-order valence-corrected chi connectivity index (χ2v) is 4.71. The van der Waals surface area contributed by atoms with E-state index in [4.69, 9.17) is 11.6 Å². The highest BCUT2D eigenvalue weighted by atomic mass is 35.5. The summed E-state index contributed by atoms with van der Waals surface area (Å²) in [4.78, 5) is 18.9. The van der Waals surface area contributed by atoms with Crippen molar-refractivity contribution in [1.29, 1.82) is 0 Å². The van der Waals surface area contributed by atoms with E-state index >= 15 is 0 Å². The predicted molar refractivity (Wildman–Crippen MR) is 75.4 cm³/mol. The van der Waals surface area contributed by atoms with Crippen LogP contribution in [-0.4, -0.2) is 15.9 Å². The summed E-state index contributed by atoms with van der Waals surface area (Å²) >= 11 is 5.44. The van der Waals surface area contributed by atoms with Crippen molar-refractivity contribution in [3.63, 3.8) is 0 Å². The van der Waals surface area contributed by atoms with Crippen molar-refractivity contribution >= 4 is 34.5 Å². The Morgan fingerprint density at radius 1 is 1.19 bits per heavy atom. The average Bonchev–Trinajstić information content (AvgIpc) is 2.84. The summed E-state index contributed by atoms with van der Waals surface area (Å²) in [6.45, 7) is 0. The number of hydrogen-bond acceptors (Lipinski definition) is 2. The van der Waals surface area contributed by atoms with Gasteiger partial charge in [0.2, 0.25) is 5.95 Å². The third kappa shape index (κ3) is 2.57. The standard InChI is InChI=1S/C14H8ClF2N3O/c15-8-6-9(16)7(5-10(8)17)13(21)20-14-18-11-3-1-2-4-12(11)19-14/h1-6H,(H2,18,19,20,21). The summed E-state index contributed by atoms with van der Waals surface area (Å²) in [6, 6.07) is 8.63. The number of nitrogens with zero attached hydrogens (tertiary/aromatic N) is 1. The van der Waals surface area contributed by atoms with Crippen molar-refractivity contribution in [2.45, 2.75) is 0 Å². The van der Waals surface area contributed by atoms with E-state index in [0.29, 0.717) is 5.52 Å². The molecule has 0 unspecified atom stereocenters. The molecule has 4 nitrogen and oxygen atoms in total. The van der Waals surface area contributed by atoms with E-state index in [-0.39, 0.29) is 11.0 Å². The minimum Gasteiger partial charge on any atom is -0.324 e. The molecule has 1 heterocycles. The molecule has 3 rings (SSSR count). The van der Waals surface area contributed by atoms with Gasteiger partial charge < -0.3 is 4.98 Å². The number of carbonyl (C=O) groups is 1. The first kappa shape index (κ1) is 13.5. The summed E-state index contributed by atoms with van der Waals surface area (Å²) in [6.07, 6.45) is 0. The third-order valence-corrected chi connectivity index (χ3v) is 3.17. The van der Waals surface area contributed by atoms with Crippen molar-refractivity contribution in [3.8, 4) is 0 Å². The van der Waals surface area contributed by atoms with Crippen LogP contribution in [0, 0.1) is 11.6 Å². The fourth-order valence-corrected chi connectivity index (χ4v) is 2.03. The second kappa shape index (κ2) is 5.14. The maximum Gasteiger partial charge on any atom is 0.261 e. The van der Waals surface area contributed by atoms with Crippen LogP contribution in [0.15, 0.2) is 36.4 Å². The van der Waals surface area contributed by atoms with Crippen LogP contribution in [0.2, 0.25) is 5.02 Å². The van der Waals surface area contributed by atoms with E-state index in [1.54, 1.807) is 24.3 Å². The van der Waals surface area contributed by atoms with Crippen LogP contribution in [-0.2, 0) is 0 Å². The molecule has 0 fully saturated rings. The molecule has 2 aromatic carbocycles. The van der Waals surface area contributed by atoms with E-state index < -0.39 is 23.1 Å². The van der Waals surface area contributed by atoms with Gasteiger partial charge in [0, 0.05) is 0 Å². The molecule has 0 radical (unpaired) electrons. The van der Waals surface area contributed by atoms with Crippen LogP contribution in [0.25, 0.3) is 11.0 Å². The van der Waals surface area contributed by atoms with Gasteiger partial charge in [0.05, 0.1) is 21.6 Å². The number of hydrogen-bond donors (Lipinski definition) is 2. The first-order chi connectivity index (χ1) is 10.0. The zero-order chi connectivity index (χ0) is 15.0. The van der Waals surface area contributed by atoms with Crippen LogP contribution in [0.5, 0.6) is 0 Å². The molecule has 21 heavy (non-hydrogen) atoms. The van der Waals surface area contributed by atoms with Crippen molar-refractivity contribution in [3.05, 3.63) is 58.6 Å². The average molecular weight is 308 g/mol. The predicted octanol–water partition coefficient (Wildman–Crippen LogP) is 3.75. The molecule has 7 heteroatoms. The van der Waals surface area contributed by atoms with Crippen molar-refractivity contribution < 1.29 is 13.6 Å². The fraction of sp³-hybridized carbons (Fsp3) is 0. The Kier molecular flexibility index (Phi) is 3.31. The summed E-state index contributed by atoms with van der Waals surface area (Å²) in [5, 5.41) is 2.00. The van der Waals surface area contributed by atoms with Crippen LogP contribution in [0.1, 0.15) is 10.4 Å². The maximum atomic E-state index is 13.6. The molecule has 0 saturated carbocycles. The molecule has 0 aliphatic rings. The van der Waals surface area contributed by atoms with E-state index in [0.717, 1.165) is 17.6 Å². The van der Waals surface area contributed by atoms with Gasteiger partial charge in [-0.05, 0) is 24.3 Å². The smallest absolute Gasteiger partial charge is 0.261 e. The molecule has 0 aliphatic carbocycles. The zero-order valence-electron chi connectivity index (χ0n) is 10.5. The Hall–Kier alpha value is -2.47. The monoisotopic (exact) mass is 307 g/mol. The first-order valence-corrected chi connectivity index (χ1v) is 6.33. The van der Waals surface area contributed by atoms with Gasteiger partial charge in [0.15, 0.2) is 0 Å². The number of rotatable bonds is 2. The number of imidazole rings is 1. The quantitative estimate of drug-likeness (QED) is 0.708. The van der Waals surface area contributed by atoms with Crippen LogP contribution in [0.4, 0.5) is 14.7 Å². The van der Waals surface area contributed by atoms with Gasteiger partial charge >= 0.3 is 0 Å². The summed E-state index contributed by atoms with van der Waals surface area (Å²) in [5.41, 5.74) is 0.920.